The Kier molecular flexibility index (Phi) is 4.57. The standard InChI is InChI=1S/C15H18N2O4/c16-13(18)11-7-3-4-8-12(11)17-14(19)9-5-1-2-6-10(9)15(20)21/h3-4,7-10H,1-2,5-6H2,(H2,16,18)(H,17,19)(H,20,21)/p-1. The summed E-state index contributed by atoms with van der Waals surface area (Å²) in [4.78, 5) is 34.8. The third-order valence-corrected chi connectivity index (χ3v) is 3.86. The zero-order valence-electron chi connectivity index (χ0n) is 11.5. The Hall–Kier alpha value is -2.37. The SMILES string of the molecule is NC(=O)c1ccccc1NC(=O)C1CCCCC1C(=O)[O-]. The quantitative estimate of drug-likeness (QED) is 0.828. The van der Waals surface area contributed by atoms with Gasteiger partial charge < -0.3 is 21.0 Å². The Bertz CT molecular complexity index is 571. The molecule has 2 atom stereocenters. The second-order valence-electron chi connectivity index (χ2n) is 5.22. The normalized spacial score (nSPS) is 21.5. The smallest absolute Gasteiger partial charge is 0.250 e. The minimum absolute atomic E-state index is 0.201. The molecular weight excluding hydrogens is 272 g/mol. The molecule has 1 saturated carbocycles. The van der Waals surface area contributed by atoms with E-state index in [9.17, 15) is 19.5 Å². The van der Waals surface area contributed by atoms with Crippen LogP contribution in [0.3, 0.4) is 0 Å². The van der Waals surface area contributed by atoms with Gasteiger partial charge in [-0.15, -0.1) is 0 Å². The molecule has 0 radical (unpaired) electrons. The number of carboxylic acids is 1. The van der Waals surface area contributed by atoms with Crippen LogP contribution in [0.25, 0.3) is 0 Å². The van der Waals surface area contributed by atoms with E-state index in [0.29, 0.717) is 18.5 Å². The minimum atomic E-state index is -1.20. The van der Waals surface area contributed by atoms with Crippen LogP contribution in [-0.2, 0) is 9.59 Å². The Morgan fingerprint density at radius 3 is 2.33 bits per heavy atom. The van der Waals surface area contributed by atoms with Crippen LogP contribution in [-0.4, -0.2) is 17.8 Å². The van der Waals surface area contributed by atoms with Crippen LogP contribution in [0.2, 0.25) is 0 Å². The molecule has 1 aromatic carbocycles. The van der Waals surface area contributed by atoms with E-state index in [4.69, 9.17) is 5.73 Å². The average molecular weight is 289 g/mol. The molecule has 0 aliphatic heterocycles. The number of carbonyl (C=O) groups is 3. The lowest BCUT2D eigenvalue weighted by Crippen LogP contribution is -2.42. The number of carboxylic acid groups (broad SMARTS) is 1. The van der Waals surface area contributed by atoms with Gasteiger partial charge in [-0.05, 0) is 25.0 Å². The number of anilines is 1. The molecule has 112 valence electrons. The van der Waals surface area contributed by atoms with Gasteiger partial charge in [0.05, 0.1) is 11.3 Å². The molecule has 3 N–H and O–H groups in total. The first-order chi connectivity index (χ1) is 10.0. The highest BCUT2D eigenvalue weighted by atomic mass is 16.4. The van der Waals surface area contributed by atoms with Gasteiger partial charge in [0.25, 0.3) is 5.91 Å². The molecule has 1 fully saturated rings. The number of hydrogen-bond donors (Lipinski definition) is 2. The zero-order valence-corrected chi connectivity index (χ0v) is 11.5. The average Bonchev–Trinajstić information content (AvgIpc) is 2.47. The van der Waals surface area contributed by atoms with Gasteiger partial charge in [-0.2, -0.15) is 0 Å². The van der Waals surface area contributed by atoms with Crippen molar-refractivity contribution in [2.75, 3.05) is 5.32 Å². The Balaban J connectivity index is 2.17. The van der Waals surface area contributed by atoms with Crippen LogP contribution >= 0.6 is 0 Å². The zero-order chi connectivity index (χ0) is 15.4. The molecule has 2 rings (SSSR count). The molecule has 0 bridgehead atoms. The summed E-state index contributed by atoms with van der Waals surface area (Å²) in [7, 11) is 0. The van der Waals surface area contributed by atoms with Gasteiger partial charge in [-0.1, -0.05) is 25.0 Å². The summed E-state index contributed by atoms with van der Waals surface area (Å²) in [6.45, 7) is 0. The van der Waals surface area contributed by atoms with E-state index >= 15 is 0 Å². The lowest BCUT2D eigenvalue weighted by molar-refractivity contribution is -0.313. The molecule has 0 saturated heterocycles. The molecule has 1 aromatic rings. The highest BCUT2D eigenvalue weighted by Gasteiger charge is 2.32. The van der Waals surface area contributed by atoms with E-state index in [0.717, 1.165) is 12.8 Å². The second-order valence-corrected chi connectivity index (χ2v) is 5.22. The number of amides is 2. The van der Waals surface area contributed by atoms with Gasteiger partial charge in [-0.3, -0.25) is 9.59 Å². The van der Waals surface area contributed by atoms with Crippen molar-refractivity contribution in [1.82, 2.24) is 0 Å². The molecule has 0 aromatic heterocycles. The fraction of sp³-hybridized carbons (Fsp3) is 0.400. The van der Waals surface area contributed by atoms with Crippen LogP contribution in [0.15, 0.2) is 24.3 Å². The third-order valence-electron chi connectivity index (χ3n) is 3.86. The fourth-order valence-corrected chi connectivity index (χ4v) is 2.76. The first-order valence-electron chi connectivity index (χ1n) is 6.91. The molecule has 2 amide bonds. The van der Waals surface area contributed by atoms with E-state index in [2.05, 4.69) is 5.32 Å². The second kappa shape index (κ2) is 6.39. The number of aliphatic carboxylic acids is 1. The molecule has 6 nitrogen and oxygen atoms in total. The van der Waals surface area contributed by atoms with Crippen molar-refractivity contribution in [1.29, 1.82) is 0 Å². The summed E-state index contributed by atoms with van der Waals surface area (Å²) < 4.78 is 0. The number of rotatable bonds is 4. The van der Waals surface area contributed by atoms with Crippen molar-refractivity contribution < 1.29 is 19.5 Å². The summed E-state index contributed by atoms with van der Waals surface area (Å²) in [6, 6.07) is 6.38. The number of para-hydroxylation sites is 1. The van der Waals surface area contributed by atoms with Crippen LogP contribution in [0.5, 0.6) is 0 Å². The van der Waals surface area contributed by atoms with E-state index in [1.807, 2.05) is 0 Å². The van der Waals surface area contributed by atoms with Crippen molar-refractivity contribution in [2.24, 2.45) is 17.6 Å². The number of hydrogen-bond acceptors (Lipinski definition) is 4. The van der Waals surface area contributed by atoms with Crippen molar-refractivity contribution >= 4 is 23.5 Å². The van der Waals surface area contributed by atoms with Crippen LogP contribution < -0.4 is 16.2 Å². The molecular formula is C15H17N2O4-. The Labute approximate surface area is 122 Å². The minimum Gasteiger partial charge on any atom is -0.550 e. The molecule has 0 heterocycles. The summed E-state index contributed by atoms with van der Waals surface area (Å²) in [5.41, 5.74) is 5.75. The maximum absolute atomic E-state index is 12.3. The lowest BCUT2D eigenvalue weighted by atomic mass is 9.78. The van der Waals surface area contributed by atoms with E-state index < -0.39 is 29.6 Å². The topological polar surface area (TPSA) is 112 Å². The lowest BCUT2D eigenvalue weighted by Gasteiger charge is -2.31. The number of nitrogens with two attached hydrogens (primary N) is 1. The highest BCUT2D eigenvalue weighted by molar-refractivity contribution is 6.04. The van der Waals surface area contributed by atoms with E-state index in [-0.39, 0.29) is 5.56 Å². The first kappa shape index (κ1) is 15.0. The van der Waals surface area contributed by atoms with Crippen molar-refractivity contribution in [3.8, 4) is 0 Å². The van der Waals surface area contributed by atoms with Crippen LogP contribution in [0, 0.1) is 11.8 Å². The van der Waals surface area contributed by atoms with E-state index in [1.54, 1.807) is 18.2 Å². The maximum atomic E-state index is 12.3. The summed E-state index contributed by atoms with van der Waals surface area (Å²) in [6.07, 6.45) is 2.53. The van der Waals surface area contributed by atoms with E-state index in [1.165, 1.54) is 6.07 Å². The molecule has 1 aliphatic rings. The maximum Gasteiger partial charge on any atom is 0.250 e. The molecule has 21 heavy (non-hydrogen) atoms. The van der Waals surface area contributed by atoms with Crippen molar-refractivity contribution in [3.05, 3.63) is 29.8 Å². The highest BCUT2D eigenvalue weighted by Crippen LogP contribution is 2.31. The van der Waals surface area contributed by atoms with Gasteiger partial charge in [0, 0.05) is 17.8 Å². The predicted octanol–water partition coefficient (Wildman–Crippen LogP) is 0.280. The van der Waals surface area contributed by atoms with Crippen molar-refractivity contribution in [2.45, 2.75) is 25.7 Å². The van der Waals surface area contributed by atoms with Crippen LogP contribution in [0.1, 0.15) is 36.0 Å². The number of carbonyl (C=O) groups excluding carboxylic acids is 3. The van der Waals surface area contributed by atoms with Gasteiger partial charge in [-0.25, -0.2) is 0 Å². The summed E-state index contributed by atoms with van der Waals surface area (Å²) in [5.74, 6) is -3.66. The molecule has 6 heteroatoms. The monoisotopic (exact) mass is 289 g/mol. The van der Waals surface area contributed by atoms with Gasteiger partial charge in [0.15, 0.2) is 0 Å². The third kappa shape index (κ3) is 3.39. The largest absolute Gasteiger partial charge is 0.550 e. The van der Waals surface area contributed by atoms with Gasteiger partial charge in [0.1, 0.15) is 0 Å². The van der Waals surface area contributed by atoms with Gasteiger partial charge >= 0.3 is 0 Å². The summed E-state index contributed by atoms with van der Waals surface area (Å²) >= 11 is 0. The number of nitrogens with one attached hydrogen (secondary N) is 1. The Morgan fingerprint density at radius 2 is 1.71 bits per heavy atom. The molecule has 2 unspecified atom stereocenters. The number of benzene rings is 1. The van der Waals surface area contributed by atoms with Gasteiger partial charge in [0.2, 0.25) is 5.91 Å². The van der Waals surface area contributed by atoms with Crippen LogP contribution in [0.4, 0.5) is 5.69 Å². The number of primary amides is 1. The predicted molar refractivity (Wildman–Crippen MR) is 74.0 cm³/mol. The fourth-order valence-electron chi connectivity index (χ4n) is 2.76. The molecule has 1 aliphatic carbocycles. The first-order valence-corrected chi connectivity index (χ1v) is 6.91. The molecule has 0 spiro atoms. The summed E-state index contributed by atoms with van der Waals surface area (Å²) in [5, 5.41) is 13.7. The Morgan fingerprint density at radius 1 is 1.10 bits per heavy atom. The van der Waals surface area contributed by atoms with Crippen molar-refractivity contribution in [3.63, 3.8) is 0 Å².